The smallest absolute Gasteiger partial charge is 0.308 e. The highest BCUT2D eigenvalue weighted by Crippen LogP contribution is 2.42. The summed E-state index contributed by atoms with van der Waals surface area (Å²) in [7, 11) is 1.45. The highest BCUT2D eigenvalue weighted by atomic mass is 35.5. The number of anilines is 2. The first-order valence-corrected chi connectivity index (χ1v) is 10.6. The van der Waals surface area contributed by atoms with Gasteiger partial charge in [0, 0.05) is 12.3 Å². The molecule has 3 heterocycles. The van der Waals surface area contributed by atoms with Crippen LogP contribution in [0.1, 0.15) is 54.7 Å². The van der Waals surface area contributed by atoms with Gasteiger partial charge in [-0.15, -0.1) is 0 Å². The molecule has 0 amide bonds. The van der Waals surface area contributed by atoms with Gasteiger partial charge >= 0.3 is 5.97 Å². The minimum Gasteiger partial charge on any atom is -0.469 e. The molecule has 156 valence electrons. The topological polar surface area (TPSA) is 107 Å². The van der Waals surface area contributed by atoms with E-state index in [9.17, 15) is 4.79 Å². The number of fused-ring (bicyclic) bond motifs is 2. The van der Waals surface area contributed by atoms with Gasteiger partial charge in [0.25, 0.3) is 0 Å². The molecule has 1 aromatic carbocycles. The molecule has 0 bridgehead atoms. The number of nitrogens with zero attached hydrogens (tertiary/aromatic N) is 4. The molecular formula is C21H23ClN6O2. The number of methoxy groups -OCH3 is 1. The monoisotopic (exact) mass is 426 g/mol. The van der Waals surface area contributed by atoms with Crippen LogP contribution in [0, 0.1) is 5.92 Å². The van der Waals surface area contributed by atoms with Gasteiger partial charge in [-0.3, -0.25) is 4.79 Å². The van der Waals surface area contributed by atoms with Crippen LogP contribution < -0.4 is 11.1 Å². The Morgan fingerprint density at radius 1 is 1.30 bits per heavy atom. The lowest BCUT2D eigenvalue weighted by Crippen LogP contribution is -2.23. The van der Waals surface area contributed by atoms with E-state index < -0.39 is 0 Å². The number of esters is 1. The fourth-order valence-corrected chi connectivity index (χ4v) is 5.02. The second kappa shape index (κ2) is 7.43. The minimum absolute atomic E-state index is 0.0372. The third-order valence-electron chi connectivity index (χ3n) is 6.31. The van der Waals surface area contributed by atoms with E-state index in [-0.39, 0.29) is 23.8 Å². The second-order valence-electron chi connectivity index (χ2n) is 8.01. The van der Waals surface area contributed by atoms with Gasteiger partial charge in [0.1, 0.15) is 17.7 Å². The van der Waals surface area contributed by atoms with E-state index in [2.05, 4.69) is 21.5 Å². The number of nitrogens with two attached hydrogens (primary N) is 1. The summed E-state index contributed by atoms with van der Waals surface area (Å²) in [5, 5.41) is 8.67. The first-order valence-electron chi connectivity index (χ1n) is 10.2. The molecule has 5 rings (SSSR count). The molecule has 0 spiro atoms. The maximum atomic E-state index is 11.9. The van der Waals surface area contributed by atoms with Gasteiger partial charge < -0.3 is 15.8 Å². The van der Waals surface area contributed by atoms with Crippen molar-refractivity contribution in [3.8, 4) is 0 Å². The highest BCUT2D eigenvalue weighted by molar-refractivity contribution is 6.33. The largest absolute Gasteiger partial charge is 0.469 e. The number of aromatic nitrogens is 4. The van der Waals surface area contributed by atoms with Crippen molar-refractivity contribution in [2.75, 3.05) is 18.2 Å². The Hall–Kier alpha value is -2.87. The molecule has 3 aromatic rings. The van der Waals surface area contributed by atoms with Crippen molar-refractivity contribution < 1.29 is 9.53 Å². The standard InChI is InChI=1S/C21H23ClN6O2/c1-30-21(29)12-7-5-11(6-8-12)20-27-17(18-19(23)24-10-25-28(18)20)15-9-13-3-2-4-14(22)16(13)26-15/h2-4,10-12,15,26H,5-9H2,1H3,(H2,23,24,25)/t11-,12-,15?. The SMILES string of the molecule is COC(=O)[C@H]1CC[C@H](c2nc(C3Cc4cccc(Cl)c4N3)c3c(N)ncnn32)CC1. The van der Waals surface area contributed by atoms with Crippen LogP contribution in [0.3, 0.4) is 0 Å². The summed E-state index contributed by atoms with van der Waals surface area (Å²) >= 11 is 6.37. The zero-order valence-electron chi connectivity index (χ0n) is 16.6. The van der Waals surface area contributed by atoms with E-state index in [4.69, 9.17) is 27.1 Å². The van der Waals surface area contributed by atoms with Crippen LogP contribution in [-0.4, -0.2) is 32.7 Å². The van der Waals surface area contributed by atoms with Crippen molar-refractivity contribution in [2.24, 2.45) is 5.92 Å². The molecule has 2 aromatic heterocycles. The third kappa shape index (κ3) is 3.06. The molecule has 9 heteroatoms. The van der Waals surface area contributed by atoms with Crippen molar-refractivity contribution in [2.45, 2.75) is 44.1 Å². The van der Waals surface area contributed by atoms with Crippen LogP contribution in [0.2, 0.25) is 5.02 Å². The molecule has 3 N–H and O–H groups in total. The van der Waals surface area contributed by atoms with Crippen LogP contribution in [0.15, 0.2) is 24.5 Å². The molecular weight excluding hydrogens is 404 g/mol. The number of halogens is 1. The van der Waals surface area contributed by atoms with Crippen molar-refractivity contribution >= 4 is 34.6 Å². The van der Waals surface area contributed by atoms with Crippen LogP contribution in [0.5, 0.6) is 0 Å². The zero-order chi connectivity index (χ0) is 20.8. The molecule has 2 aliphatic rings. The molecule has 1 saturated carbocycles. The minimum atomic E-state index is -0.126. The molecule has 1 aliphatic heterocycles. The zero-order valence-corrected chi connectivity index (χ0v) is 17.4. The normalized spacial score (nSPS) is 23.2. The summed E-state index contributed by atoms with van der Waals surface area (Å²) < 4.78 is 6.74. The van der Waals surface area contributed by atoms with Gasteiger partial charge in [0.05, 0.1) is 35.5 Å². The molecule has 30 heavy (non-hydrogen) atoms. The first-order chi connectivity index (χ1) is 14.6. The number of carbonyl (C=O) groups is 1. The number of hydrogen-bond acceptors (Lipinski definition) is 7. The molecule has 1 unspecified atom stereocenters. The number of para-hydroxylation sites is 1. The van der Waals surface area contributed by atoms with E-state index >= 15 is 0 Å². The van der Waals surface area contributed by atoms with Gasteiger partial charge in [-0.1, -0.05) is 23.7 Å². The Morgan fingerprint density at radius 2 is 2.10 bits per heavy atom. The summed E-state index contributed by atoms with van der Waals surface area (Å²) in [6.07, 6.45) is 5.50. The number of benzene rings is 1. The van der Waals surface area contributed by atoms with Gasteiger partial charge in [-0.2, -0.15) is 5.10 Å². The molecule has 0 radical (unpaired) electrons. The van der Waals surface area contributed by atoms with E-state index in [1.54, 1.807) is 0 Å². The van der Waals surface area contributed by atoms with Gasteiger partial charge in [-0.25, -0.2) is 14.5 Å². The number of imidazole rings is 1. The number of carbonyl (C=O) groups excluding carboxylic acids is 1. The summed E-state index contributed by atoms with van der Waals surface area (Å²) in [5.74, 6) is 1.32. The van der Waals surface area contributed by atoms with Crippen molar-refractivity contribution in [1.29, 1.82) is 0 Å². The summed E-state index contributed by atoms with van der Waals surface area (Å²) in [4.78, 5) is 21.1. The molecule has 1 atom stereocenters. The van der Waals surface area contributed by atoms with Crippen LogP contribution in [0.25, 0.3) is 5.52 Å². The Bertz CT molecular complexity index is 1120. The van der Waals surface area contributed by atoms with Crippen molar-refractivity contribution in [3.63, 3.8) is 0 Å². The predicted molar refractivity (Wildman–Crippen MR) is 113 cm³/mol. The molecule has 0 saturated heterocycles. The number of hydrogen-bond donors (Lipinski definition) is 2. The first kappa shape index (κ1) is 19.1. The lowest BCUT2D eigenvalue weighted by Gasteiger charge is -2.25. The van der Waals surface area contributed by atoms with Crippen molar-refractivity contribution in [3.05, 3.63) is 46.6 Å². The number of rotatable bonds is 3. The van der Waals surface area contributed by atoms with E-state index in [1.165, 1.54) is 13.4 Å². The van der Waals surface area contributed by atoms with Crippen molar-refractivity contribution in [1.82, 2.24) is 19.6 Å². The Labute approximate surface area is 178 Å². The quantitative estimate of drug-likeness (QED) is 0.617. The highest BCUT2D eigenvalue weighted by Gasteiger charge is 2.34. The fraction of sp³-hybridized carbons (Fsp3) is 0.429. The van der Waals surface area contributed by atoms with Crippen LogP contribution >= 0.6 is 11.6 Å². The Balaban J connectivity index is 1.50. The predicted octanol–water partition coefficient (Wildman–Crippen LogP) is 3.52. The summed E-state index contributed by atoms with van der Waals surface area (Å²) in [6.45, 7) is 0. The summed E-state index contributed by atoms with van der Waals surface area (Å²) in [6, 6.07) is 5.85. The van der Waals surface area contributed by atoms with E-state index in [0.29, 0.717) is 10.8 Å². The maximum Gasteiger partial charge on any atom is 0.308 e. The molecule has 8 nitrogen and oxygen atoms in total. The number of nitrogen functional groups attached to an aromatic ring is 1. The Morgan fingerprint density at radius 3 is 2.83 bits per heavy atom. The van der Waals surface area contributed by atoms with Crippen LogP contribution in [0.4, 0.5) is 11.5 Å². The van der Waals surface area contributed by atoms with E-state index in [0.717, 1.165) is 60.4 Å². The third-order valence-corrected chi connectivity index (χ3v) is 6.63. The second-order valence-corrected chi connectivity index (χ2v) is 8.41. The number of nitrogens with one attached hydrogen (secondary N) is 1. The average Bonchev–Trinajstić information content (AvgIpc) is 3.37. The molecule has 1 fully saturated rings. The lowest BCUT2D eigenvalue weighted by molar-refractivity contribution is -0.146. The lowest BCUT2D eigenvalue weighted by atomic mass is 9.81. The maximum absolute atomic E-state index is 11.9. The average molecular weight is 427 g/mol. The fourth-order valence-electron chi connectivity index (χ4n) is 4.78. The van der Waals surface area contributed by atoms with Gasteiger partial charge in [0.2, 0.25) is 0 Å². The summed E-state index contributed by atoms with van der Waals surface area (Å²) in [5.41, 5.74) is 9.94. The Kier molecular flexibility index (Phi) is 4.73. The molecule has 1 aliphatic carbocycles. The van der Waals surface area contributed by atoms with Crippen LogP contribution in [-0.2, 0) is 16.0 Å². The van der Waals surface area contributed by atoms with E-state index in [1.807, 2.05) is 16.6 Å². The van der Waals surface area contributed by atoms with Gasteiger partial charge in [0.15, 0.2) is 5.82 Å². The van der Waals surface area contributed by atoms with Gasteiger partial charge in [-0.05, 0) is 37.3 Å². The number of ether oxygens (including phenoxy) is 1.